The predicted octanol–water partition coefficient (Wildman–Crippen LogP) is 2.62. The highest BCUT2D eigenvalue weighted by molar-refractivity contribution is 5.79. The SMILES string of the molecule is CCNC(=NCCCOCC1CCCO1)NCCOc1ncccc1C(F)(F)F. The van der Waals surface area contributed by atoms with Gasteiger partial charge >= 0.3 is 6.18 Å². The van der Waals surface area contributed by atoms with Gasteiger partial charge in [0.05, 0.1) is 19.3 Å². The molecular formula is C19H29F3N4O3. The van der Waals surface area contributed by atoms with E-state index in [2.05, 4.69) is 20.6 Å². The highest BCUT2D eigenvalue weighted by atomic mass is 19.4. The van der Waals surface area contributed by atoms with Gasteiger partial charge in [-0.3, -0.25) is 4.99 Å². The first-order chi connectivity index (χ1) is 14.0. The summed E-state index contributed by atoms with van der Waals surface area (Å²) in [6.45, 7) is 5.52. The molecule has 1 aromatic rings. The van der Waals surface area contributed by atoms with Crippen LogP contribution in [0.1, 0.15) is 31.7 Å². The first kappa shape index (κ1) is 23.2. The molecule has 7 nitrogen and oxygen atoms in total. The van der Waals surface area contributed by atoms with Gasteiger partial charge in [0.1, 0.15) is 12.2 Å². The number of hydrogen-bond donors (Lipinski definition) is 2. The summed E-state index contributed by atoms with van der Waals surface area (Å²) in [7, 11) is 0. The van der Waals surface area contributed by atoms with Crippen LogP contribution >= 0.6 is 0 Å². The third-order valence-electron chi connectivity index (χ3n) is 4.10. The van der Waals surface area contributed by atoms with Crippen LogP contribution in [0.5, 0.6) is 5.88 Å². The molecule has 0 amide bonds. The Bertz CT molecular complexity index is 623. The van der Waals surface area contributed by atoms with Crippen molar-refractivity contribution in [1.82, 2.24) is 15.6 Å². The number of ether oxygens (including phenoxy) is 3. The predicted molar refractivity (Wildman–Crippen MR) is 103 cm³/mol. The van der Waals surface area contributed by atoms with Gasteiger partial charge in [-0.1, -0.05) is 0 Å². The lowest BCUT2D eigenvalue weighted by atomic mass is 10.2. The quantitative estimate of drug-likeness (QED) is 0.327. The van der Waals surface area contributed by atoms with Gasteiger partial charge < -0.3 is 24.8 Å². The molecule has 0 aliphatic carbocycles. The zero-order valence-corrected chi connectivity index (χ0v) is 16.6. The number of hydrogen-bond acceptors (Lipinski definition) is 5. The van der Waals surface area contributed by atoms with Crippen LogP contribution in [-0.4, -0.2) is 63.1 Å². The molecule has 1 fully saturated rings. The largest absolute Gasteiger partial charge is 0.475 e. The van der Waals surface area contributed by atoms with E-state index in [1.807, 2.05) is 6.92 Å². The Balaban J connectivity index is 1.66. The number of guanidine groups is 1. The number of pyridine rings is 1. The lowest BCUT2D eigenvalue weighted by Gasteiger charge is -2.14. The molecule has 2 N–H and O–H groups in total. The fourth-order valence-electron chi connectivity index (χ4n) is 2.73. The number of nitrogens with zero attached hydrogens (tertiary/aromatic N) is 2. The molecule has 0 spiro atoms. The molecule has 1 aliphatic rings. The van der Waals surface area contributed by atoms with Crippen molar-refractivity contribution in [2.24, 2.45) is 4.99 Å². The molecule has 2 rings (SSSR count). The topological polar surface area (TPSA) is 77.0 Å². The molecule has 1 unspecified atom stereocenters. The average molecular weight is 418 g/mol. The number of aliphatic imine (C=N–C) groups is 1. The van der Waals surface area contributed by atoms with Crippen molar-refractivity contribution in [3.8, 4) is 5.88 Å². The van der Waals surface area contributed by atoms with Gasteiger partial charge in [-0.15, -0.1) is 0 Å². The number of nitrogens with one attached hydrogen (secondary N) is 2. The first-order valence-electron chi connectivity index (χ1n) is 9.87. The van der Waals surface area contributed by atoms with Crippen LogP contribution in [0.3, 0.4) is 0 Å². The Kier molecular flexibility index (Phi) is 9.99. The van der Waals surface area contributed by atoms with Crippen LogP contribution in [0.15, 0.2) is 23.3 Å². The minimum atomic E-state index is -4.50. The van der Waals surface area contributed by atoms with Crippen LogP contribution in [0.25, 0.3) is 0 Å². The summed E-state index contributed by atoms with van der Waals surface area (Å²) in [5, 5.41) is 6.11. The molecule has 1 aromatic heterocycles. The molecule has 1 atom stereocenters. The molecule has 29 heavy (non-hydrogen) atoms. The van der Waals surface area contributed by atoms with E-state index in [9.17, 15) is 13.2 Å². The van der Waals surface area contributed by atoms with Gasteiger partial charge in [-0.25, -0.2) is 4.98 Å². The van der Waals surface area contributed by atoms with E-state index in [4.69, 9.17) is 14.2 Å². The summed E-state index contributed by atoms with van der Waals surface area (Å²) in [4.78, 5) is 8.08. The summed E-state index contributed by atoms with van der Waals surface area (Å²) in [6.07, 6.45) is -0.101. The lowest BCUT2D eigenvalue weighted by molar-refractivity contribution is -0.139. The van der Waals surface area contributed by atoms with Crippen LogP contribution in [0, 0.1) is 0 Å². The molecule has 164 valence electrons. The monoisotopic (exact) mass is 418 g/mol. The molecule has 0 aromatic carbocycles. The first-order valence-corrected chi connectivity index (χ1v) is 9.87. The van der Waals surface area contributed by atoms with Gasteiger partial charge in [0.25, 0.3) is 0 Å². The number of alkyl halides is 3. The van der Waals surface area contributed by atoms with E-state index in [0.29, 0.717) is 32.3 Å². The van der Waals surface area contributed by atoms with E-state index >= 15 is 0 Å². The molecule has 10 heteroatoms. The summed E-state index contributed by atoms with van der Waals surface area (Å²) < 4.78 is 55.0. The Morgan fingerprint density at radius 2 is 2.21 bits per heavy atom. The fraction of sp³-hybridized carbons (Fsp3) is 0.684. The smallest absolute Gasteiger partial charge is 0.421 e. The maximum Gasteiger partial charge on any atom is 0.421 e. The van der Waals surface area contributed by atoms with Crippen molar-refractivity contribution < 1.29 is 27.4 Å². The average Bonchev–Trinajstić information content (AvgIpc) is 3.20. The summed E-state index contributed by atoms with van der Waals surface area (Å²) in [5.41, 5.74) is -0.886. The molecule has 0 radical (unpaired) electrons. The molecule has 1 saturated heterocycles. The highest BCUT2D eigenvalue weighted by Crippen LogP contribution is 2.34. The maximum absolute atomic E-state index is 12.9. The molecule has 0 bridgehead atoms. The number of halogens is 3. The van der Waals surface area contributed by atoms with Crippen molar-refractivity contribution in [1.29, 1.82) is 0 Å². The van der Waals surface area contributed by atoms with E-state index in [-0.39, 0.29) is 19.3 Å². The van der Waals surface area contributed by atoms with Crippen molar-refractivity contribution in [3.63, 3.8) is 0 Å². The molecule has 1 aliphatic heterocycles. The summed E-state index contributed by atoms with van der Waals surface area (Å²) in [6, 6.07) is 2.18. The van der Waals surface area contributed by atoms with Crippen LogP contribution in [0.2, 0.25) is 0 Å². The highest BCUT2D eigenvalue weighted by Gasteiger charge is 2.34. The lowest BCUT2D eigenvalue weighted by Crippen LogP contribution is -2.39. The van der Waals surface area contributed by atoms with Crippen LogP contribution in [-0.2, 0) is 15.7 Å². The van der Waals surface area contributed by atoms with Crippen LogP contribution in [0.4, 0.5) is 13.2 Å². The van der Waals surface area contributed by atoms with Crippen molar-refractivity contribution in [3.05, 3.63) is 23.9 Å². The second-order valence-electron chi connectivity index (χ2n) is 6.45. The van der Waals surface area contributed by atoms with E-state index < -0.39 is 17.6 Å². The normalized spacial score (nSPS) is 17.4. The van der Waals surface area contributed by atoms with E-state index in [1.165, 1.54) is 12.3 Å². The van der Waals surface area contributed by atoms with Gasteiger partial charge in [0.15, 0.2) is 5.96 Å². The number of aromatic nitrogens is 1. The Hall–Kier alpha value is -2.07. The summed E-state index contributed by atoms with van der Waals surface area (Å²) >= 11 is 0. The zero-order valence-electron chi connectivity index (χ0n) is 16.6. The third-order valence-corrected chi connectivity index (χ3v) is 4.10. The molecule has 2 heterocycles. The summed E-state index contributed by atoms with van der Waals surface area (Å²) in [5.74, 6) is 0.152. The van der Waals surface area contributed by atoms with Gasteiger partial charge in [0.2, 0.25) is 5.88 Å². The van der Waals surface area contributed by atoms with Crippen molar-refractivity contribution in [2.45, 2.75) is 38.5 Å². The standard InChI is InChI=1S/C19H29F3N4O3/c1-2-23-18(25-9-5-11-27-14-15-6-4-12-28-15)26-10-13-29-17-16(19(20,21)22)7-3-8-24-17/h3,7-8,15H,2,4-6,9-14H2,1H3,(H2,23,25,26). The van der Waals surface area contributed by atoms with Gasteiger partial charge in [0, 0.05) is 32.5 Å². The second-order valence-corrected chi connectivity index (χ2v) is 6.45. The van der Waals surface area contributed by atoms with E-state index in [0.717, 1.165) is 31.9 Å². The van der Waals surface area contributed by atoms with Gasteiger partial charge in [-0.2, -0.15) is 13.2 Å². The van der Waals surface area contributed by atoms with Crippen molar-refractivity contribution in [2.75, 3.05) is 46.1 Å². The Morgan fingerprint density at radius 1 is 1.34 bits per heavy atom. The molecule has 0 saturated carbocycles. The Labute approximate surface area is 169 Å². The fourth-order valence-corrected chi connectivity index (χ4v) is 2.73. The van der Waals surface area contributed by atoms with Gasteiger partial charge in [-0.05, 0) is 38.3 Å². The third kappa shape index (κ3) is 8.86. The molecular weight excluding hydrogens is 389 g/mol. The van der Waals surface area contributed by atoms with Crippen molar-refractivity contribution >= 4 is 5.96 Å². The second kappa shape index (κ2) is 12.5. The minimum absolute atomic E-state index is 0.0228. The number of rotatable bonds is 11. The maximum atomic E-state index is 12.9. The Morgan fingerprint density at radius 3 is 2.93 bits per heavy atom. The van der Waals surface area contributed by atoms with E-state index in [1.54, 1.807) is 0 Å². The van der Waals surface area contributed by atoms with Crippen LogP contribution < -0.4 is 15.4 Å². The minimum Gasteiger partial charge on any atom is -0.475 e. The zero-order chi connectivity index (χ0) is 21.0.